The van der Waals surface area contributed by atoms with Gasteiger partial charge in [-0.25, -0.2) is 4.98 Å². The van der Waals surface area contributed by atoms with Crippen LogP contribution < -0.4 is 0 Å². The first-order valence-electron chi connectivity index (χ1n) is 6.42. The maximum absolute atomic E-state index is 9.09. The topological polar surface area (TPSA) is 53.8 Å². The van der Waals surface area contributed by atoms with Crippen LogP contribution in [0.5, 0.6) is 0 Å². The van der Waals surface area contributed by atoms with Crippen molar-refractivity contribution in [3.63, 3.8) is 0 Å². The van der Waals surface area contributed by atoms with E-state index in [1.54, 1.807) is 0 Å². The first-order chi connectivity index (χ1) is 9.22. The van der Waals surface area contributed by atoms with Gasteiger partial charge >= 0.3 is 0 Å². The Morgan fingerprint density at radius 3 is 2.89 bits per heavy atom. The zero-order valence-corrected chi connectivity index (χ0v) is 11.1. The zero-order valence-electron chi connectivity index (χ0n) is 11.1. The Bertz CT molecular complexity index is 724. The minimum absolute atomic E-state index is 0.123. The summed E-state index contributed by atoms with van der Waals surface area (Å²) in [6.45, 7) is 2.18. The SMILES string of the molecule is Cc1c(-c2c[nH]c3ccccc23)nc(CCO)n1C. The van der Waals surface area contributed by atoms with Gasteiger partial charge in [-0.05, 0) is 13.0 Å². The molecule has 0 unspecified atom stereocenters. The number of hydrogen-bond acceptors (Lipinski definition) is 2. The fourth-order valence-corrected chi connectivity index (χ4v) is 2.48. The second-order valence-corrected chi connectivity index (χ2v) is 4.74. The molecule has 98 valence electrons. The Balaban J connectivity index is 2.19. The molecule has 3 rings (SSSR count). The molecule has 1 aromatic carbocycles. The Morgan fingerprint density at radius 1 is 1.32 bits per heavy atom. The summed E-state index contributed by atoms with van der Waals surface area (Å²) in [5.41, 5.74) is 4.34. The highest BCUT2D eigenvalue weighted by atomic mass is 16.3. The van der Waals surface area contributed by atoms with E-state index in [1.807, 2.05) is 29.9 Å². The molecule has 0 saturated carbocycles. The van der Waals surface area contributed by atoms with Gasteiger partial charge in [0.1, 0.15) is 5.82 Å². The van der Waals surface area contributed by atoms with Crippen LogP contribution in [0.3, 0.4) is 0 Å². The number of H-pyrrole nitrogens is 1. The second-order valence-electron chi connectivity index (χ2n) is 4.74. The van der Waals surface area contributed by atoms with Crippen LogP contribution in [0.25, 0.3) is 22.2 Å². The van der Waals surface area contributed by atoms with E-state index < -0.39 is 0 Å². The molecule has 3 aromatic rings. The molecule has 0 fully saturated rings. The lowest BCUT2D eigenvalue weighted by Gasteiger charge is -2.00. The average molecular weight is 255 g/mol. The van der Waals surface area contributed by atoms with Crippen LogP contribution in [0, 0.1) is 6.92 Å². The molecule has 4 nitrogen and oxygen atoms in total. The van der Waals surface area contributed by atoms with Crippen LogP contribution in [0.1, 0.15) is 11.5 Å². The van der Waals surface area contributed by atoms with Gasteiger partial charge in [-0.3, -0.25) is 0 Å². The minimum Gasteiger partial charge on any atom is -0.396 e. The van der Waals surface area contributed by atoms with Crippen molar-refractivity contribution in [3.05, 3.63) is 42.0 Å². The molecule has 0 aliphatic rings. The Labute approximate surface area is 111 Å². The summed E-state index contributed by atoms with van der Waals surface area (Å²) in [7, 11) is 1.99. The molecular weight excluding hydrogens is 238 g/mol. The first kappa shape index (κ1) is 12.0. The van der Waals surface area contributed by atoms with Gasteiger partial charge in [0, 0.05) is 41.8 Å². The van der Waals surface area contributed by atoms with Gasteiger partial charge in [0.25, 0.3) is 0 Å². The van der Waals surface area contributed by atoms with Crippen molar-refractivity contribution in [2.45, 2.75) is 13.3 Å². The van der Waals surface area contributed by atoms with Gasteiger partial charge in [0.05, 0.1) is 12.3 Å². The number of para-hydroxylation sites is 1. The van der Waals surface area contributed by atoms with Crippen molar-refractivity contribution in [2.24, 2.45) is 7.05 Å². The Morgan fingerprint density at radius 2 is 2.11 bits per heavy atom. The van der Waals surface area contributed by atoms with Crippen molar-refractivity contribution >= 4 is 10.9 Å². The first-order valence-corrected chi connectivity index (χ1v) is 6.42. The largest absolute Gasteiger partial charge is 0.396 e. The second kappa shape index (κ2) is 4.55. The molecule has 0 radical (unpaired) electrons. The molecule has 4 heteroatoms. The third-order valence-corrected chi connectivity index (χ3v) is 3.65. The average Bonchev–Trinajstić information content (AvgIpc) is 2.96. The third-order valence-electron chi connectivity index (χ3n) is 3.65. The molecular formula is C15H17N3O. The van der Waals surface area contributed by atoms with Gasteiger partial charge in [-0.2, -0.15) is 0 Å². The highest BCUT2D eigenvalue weighted by Crippen LogP contribution is 2.30. The van der Waals surface area contributed by atoms with Crippen molar-refractivity contribution < 1.29 is 5.11 Å². The van der Waals surface area contributed by atoms with Gasteiger partial charge in [0.2, 0.25) is 0 Å². The lowest BCUT2D eigenvalue weighted by molar-refractivity contribution is 0.295. The van der Waals surface area contributed by atoms with Gasteiger partial charge < -0.3 is 14.7 Å². The number of benzene rings is 1. The summed E-state index contributed by atoms with van der Waals surface area (Å²) in [5, 5.41) is 10.3. The van der Waals surface area contributed by atoms with Gasteiger partial charge in [0.15, 0.2) is 0 Å². The number of aliphatic hydroxyl groups is 1. The minimum atomic E-state index is 0.123. The van der Waals surface area contributed by atoms with E-state index in [-0.39, 0.29) is 6.61 Å². The standard InChI is InChI=1S/C15H17N3O/c1-10-15(17-14(7-8-19)18(10)2)12-9-16-13-6-4-3-5-11(12)13/h3-6,9,16,19H,7-8H2,1-2H3. The van der Waals surface area contributed by atoms with E-state index >= 15 is 0 Å². The molecule has 0 atom stereocenters. The molecule has 2 aromatic heterocycles. The number of aliphatic hydroxyl groups excluding tert-OH is 1. The van der Waals surface area contributed by atoms with Crippen molar-refractivity contribution in [2.75, 3.05) is 6.61 Å². The molecule has 0 aliphatic carbocycles. The summed E-state index contributed by atoms with van der Waals surface area (Å²) >= 11 is 0. The highest BCUT2D eigenvalue weighted by molar-refractivity contribution is 5.95. The smallest absolute Gasteiger partial charge is 0.111 e. The van der Waals surface area contributed by atoms with Gasteiger partial charge in [-0.15, -0.1) is 0 Å². The molecule has 0 aliphatic heterocycles. The maximum Gasteiger partial charge on any atom is 0.111 e. The van der Waals surface area contributed by atoms with E-state index in [1.165, 1.54) is 5.39 Å². The van der Waals surface area contributed by atoms with Crippen LogP contribution >= 0.6 is 0 Å². The van der Waals surface area contributed by atoms with E-state index in [0.29, 0.717) is 6.42 Å². The third kappa shape index (κ3) is 1.85. The molecule has 0 spiro atoms. The summed E-state index contributed by atoms with van der Waals surface area (Å²) in [6, 6.07) is 8.21. The number of aromatic amines is 1. The Hall–Kier alpha value is -2.07. The predicted molar refractivity (Wildman–Crippen MR) is 76.0 cm³/mol. The number of nitrogens with zero attached hydrogens (tertiary/aromatic N) is 2. The molecule has 0 saturated heterocycles. The van der Waals surface area contributed by atoms with Crippen molar-refractivity contribution in [1.82, 2.24) is 14.5 Å². The summed E-state index contributed by atoms with van der Waals surface area (Å²) in [5.74, 6) is 0.917. The van der Waals surface area contributed by atoms with Gasteiger partial charge in [-0.1, -0.05) is 18.2 Å². The molecule has 2 N–H and O–H groups in total. The highest BCUT2D eigenvalue weighted by Gasteiger charge is 2.15. The molecule has 0 amide bonds. The maximum atomic E-state index is 9.09. The van der Waals surface area contributed by atoms with Crippen LogP contribution in [-0.4, -0.2) is 26.2 Å². The number of rotatable bonds is 3. The lowest BCUT2D eigenvalue weighted by Crippen LogP contribution is -2.01. The van der Waals surface area contributed by atoms with E-state index in [2.05, 4.69) is 29.0 Å². The molecule has 2 heterocycles. The van der Waals surface area contributed by atoms with E-state index in [0.717, 1.165) is 28.3 Å². The van der Waals surface area contributed by atoms with Crippen LogP contribution in [0.4, 0.5) is 0 Å². The quantitative estimate of drug-likeness (QED) is 0.755. The summed E-state index contributed by atoms with van der Waals surface area (Å²) < 4.78 is 2.05. The van der Waals surface area contributed by atoms with Crippen LogP contribution in [0.2, 0.25) is 0 Å². The predicted octanol–water partition coefficient (Wildman–Crippen LogP) is 2.41. The molecule has 0 bridgehead atoms. The van der Waals surface area contributed by atoms with Crippen LogP contribution in [-0.2, 0) is 13.5 Å². The summed E-state index contributed by atoms with van der Waals surface area (Å²) in [6.07, 6.45) is 2.59. The van der Waals surface area contributed by atoms with Crippen molar-refractivity contribution in [1.29, 1.82) is 0 Å². The monoisotopic (exact) mass is 255 g/mol. The normalized spacial score (nSPS) is 11.3. The number of nitrogens with one attached hydrogen (secondary N) is 1. The number of fused-ring (bicyclic) bond motifs is 1. The van der Waals surface area contributed by atoms with E-state index in [4.69, 9.17) is 5.11 Å². The van der Waals surface area contributed by atoms with Crippen molar-refractivity contribution in [3.8, 4) is 11.3 Å². The fourth-order valence-electron chi connectivity index (χ4n) is 2.48. The zero-order chi connectivity index (χ0) is 13.4. The number of aromatic nitrogens is 3. The van der Waals surface area contributed by atoms with Crippen LogP contribution in [0.15, 0.2) is 30.5 Å². The number of hydrogen-bond donors (Lipinski definition) is 2. The number of imidazole rings is 1. The lowest BCUT2D eigenvalue weighted by atomic mass is 10.1. The Kier molecular flexibility index (Phi) is 2.87. The summed E-state index contributed by atoms with van der Waals surface area (Å²) in [4.78, 5) is 7.95. The van der Waals surface area contributed by atoms with E-state index in [9.17, 15) is 0 Å². The molecule has 19 heavy (non-hydrogen) atoms. The fraction of sp³-hybridized carbons (Fsp3) is 0.267.